The van der Waals surface area contributed by atoms with Crippen molar-refractivity contribution in [3.05, 3.63) is 17.5 Å². The van der Waals surface area contributed by atoms with E-state index in [1.165, 1.54) is 44.9 Å². The molecule has 2 N–H and O–H groups in total. The van der Waals surface area contributed by atoms with Crippen LogP contribution in [0, 0.1) is 23.7 Å². The number of aromatic amines is 1. The van der Waals surface area contributed by atoms with Crippen LogP contribution < -0.4 is 5.32 Å². The second-order valence-corrected chi connectivity index (χ2v) is 8.66. The fourth-order valence-electron chi connectivity index (χ4n) is 5.59. The van der Waals surface area contributed by atoms with Crippen molar-refractivity contribution in [3.8, 4) is 0 Å². The van der Waals surface area contributed by atoms with Crippen molar-refractivity contribution < 1.29 is 4.79 Å². The molecule has 4 nitrogen and oxygen atoms in total. The molecule has 0 saturated heterocycles. The van der Waals surface area contributed by atoms with E-state index in [1.807, 2.05) is 6.07 Å². The summed E-state index contributed by atoms with van der Waals surface area (Å²) in [6, 6.07) is 2.37. The minimum Gasteiger partial charge on any atom is -0.347 e. The van der Waals surface area contributed by atoms with Crippen LogP contribution in [0.2, 0.25) is 0 Å². The zero-order valence-electron chi connectivity index (χ0n) is 13.3. The highest BCUT2D eigenvalue weighted by atomic mass is 16.2. The minimum absolute atomic E-state index is 0.0317. The van der Waals surface area contributed by atoms with Crippen LogP contribution in [-0.2, 0) is 5.41 Å². The Hall–Kier alpha value is -1.32. The summed E-state index contributed by atoms with van der Waals surface area (Å²) in [5, 5.41) is 10.7. The third kappa shape index (κ3) is 1.95. The molecule has 0 atom stereocenters. The Labute approximate surface area is 131 Å². The second-order valence-electron chi connectivity index (χ2n) is 8.66. The van der Waals surface area contributed by atoms with Crippen molar-refractivity contribution in [2.75, 3.05) is 0 Å². The maximum Gasteiger partial charge on any atom is 0.272 e. The van der Waals surface area contributed by atoms with Crippen LogP contribution in [0.1, 0.15) is 68.1 Å². The predicted octanol–water partition coefficient (Wildman–Crippen LogP) is 3.02. The van der Waals surface area contributed by atoms with E-state index >= 15 is 0 Å². The summed E-state index contributed by atoms with van der Waals surface area (Å²) in [7, 11) is 0. The maximum atomic E-state index is 12.6. The number of nitrogens with one attached hydrogen (secondary N) is 2. The Morgan fingerprint density at radius 1 is 1.18 bits per heavy atom. The van der Waals surface area contributed by atoms with Crippen molar-refractivity contribution in [3.63, 3.8) is 0 Å². The Kier molecular flexibility index (Phi) is 2.61. The number of carbonyl (C=O) groups is 1. The summed E-state index contributed by atoms with van der Waals surface area (Å²) in [6.07, 6.45) is 9.19. The highest BCUT2D eigenvalue weighted by Gasteiger charge is 2.49. The highest BCUT2D eigenvalue weighted by Crippen LogP contribution is 2.53. The average Bonchev–Trinajstić information content (AvgIpc) is 3.04. The zero-order valence-corrected chi connectivity index (χ0v) is 13.3. The molecule has 22 heavy (non-hydrogen) atoms. The standard InChI is InChI=1S/C18H25N3O/c1-18(2-3-18)15-9-14(20-21-15)17(22)19-16-12-5-10-4-11(7-12)8-13(16)6-10/h9-13,16H,2-8H2,1H3,(H,19,22)(H,20,21). The van der Waals surface area contributed by atoms with E-state index in [2.05, 4.69) is 22.4 Å². The quantitative estimate of drug-likeness (QED) is 0.901. The van der Waals surface area contributed by atoms with E-state index in [1.54, 1.807) is 0 Å². The van der Waals surface area contributed by atoms with Gasteiger partial charge in [0, 0.05) is 17.2 Å². The Bertz CT molecular complexity index is 588. The monoisotopic (exact) mass is 299 g/mol. The van der Waals surface area contributed by atoms with E-state index in [-0.39, 0.29) is 11.3 Å². The molecule has 118 valence electrons. The smallest absolute Gasteiger partial charge is 0.272 e. The van der Waals surface area contributed by atoms with Gasteiger partial charge >= 0.3 is 0 Å². The van der Waals surface area contributed by atoms with Crippen molar-refractivity contribution in [1.29, 1.82) is 0 Å². The first-order valence-electron chi connectivity index (χ1n) is 8.97. The minimum atomic E-state index is 0.0317. The van der Waals surface area contributed by atoms with Gasteiger partial charge in [0.05, 0.1) is 0 Å². The fourth-order valence-corrected chi connectivity index (χ4v) is 5.59. The molecule has 6 rings (SSSR count). The Morgan fingerprint density at radius 3 is 2.41 bits per heavy atom. The first kappa shape index (κ1) is 13.1. The molecule has 0 unspecified atom stereocenters. The lowest BCUT2D eigenvalue weighted by Crippen LogP contribution is -2.55. The van der Waals surface area contributed by atoms with Gasteiger partial charge in [-0.2, -0.15) is 5.10 Å². The van der Waals surface area contributed by atoms with E-state index in [9.17, 15) is 4.79 Å². The molecule has 1 aromatic heterocycles. The van der Waals surface area contributed by atoms with E-state index in [4.69, 9.17) is 0 Å². The number of amides is 1. The number of nitrogens with zero attached hydrogens (tertiary/aromatic N) is 1. The van der Waals surface area contributed by atoms with Crippen molar-refractivity contribution in [2.24, 2.45) is 23.7 Å². The molecule has 0 aromatic carbocycles. The van der Waals surface area contributed by atoms with Gasteiger partial charge in [0.2, 0.25) is 0 Å². The van der Waals surface area contributed by atoms with Gasteiger partial charge in [-0.1, -0.05) is 6.92 Å². The molecule has 5 saturated carbocycles. The van der Waals surface area contributed by atoms with Gasteiger partial charge in [-0.15, -0.1) is 0 Å². The van der Waals surface area contributed by atoms with Crippen LogP contribution >= 0.6 is 0 Å². The molecule has 5 aliphatic carbocycles. The zero-order chi connectivity index (χ0) is 14.9. The molecule has 1 amide bonds. The fraction of sp³-hybridized carbons (Fsp3) is 0.778. The van der Waals surface area contributed by atoms with Crippen LogP contribution in [0.25, 0.3) is 0 Å². The number of hydrogen-bond acceptors (Lipinski definition) is 2. The van der Waals surface area contributed by atoms with Gasteiger partial charge in [0.25, 0.3) is 5.91 Å². The molecule has 1 heterocycles. The lowest BCUT2D eigenvalue weighted by atomic mass is 9.54. The lowest BCUT2D eigenvalue weighted by Gasteiger charge is -2.54. The van der Waals surface area contributed by atoms with Crippen LogP contribution in [0.5, 0.6) is 0 Å². The summed E-state index contributed by atoms with van der Waals surface area (Å²) in [4.78, 5) is 12.6. The Morgan fingerprint density at radius 2 is 1.82 bits per heavy atom. The summed E-state index contributed by atoms with van der Waals surface area (Å²) in [5.41, 5.74) is 1.95. The van der Waals surface area contributed by atoms with Crippen LogP contribution in [0.15, 0.2) is 6.07 Å². The van der Waals surface area contributed by atoms with Crippen molar-refractivity contribution in [2.45, 2.75) is 63.3 Å². The van der Waals surface area contributed by atoms with E-state index in [0.717, 1.165) is 29.4 Å². The first-order chi connectivity index (χ1) is 10.6. The first-order valence-corrected chi connectivity index (χ1v) is 8.97. The van der Waals surface area contributed by atoms with Gasteiger partial charge in [0.1, 0.15) is 5.69 Å². The van der Waals surface area contributed by atoms with Crippen LogP contribution in [-0.4, -0.2) is 22.1 Å². The molecule has 0 radical (unpaired) electrons. The lowest BCUT2D eigenvalue weighted by molar-refractivity contribution is -0.0120. The summed E-state index contributed by atoms with van der Waals surface area (Å²) >= 11 is 0. The van der Waals surface area contributed by atoms with Gasteiger partial charge in [-0.05, 0) is 74.7 Å². The summed E-state index contributed by atoms with van der Waals surface area (Å²) in [5.74, 6) is 3.37. The Balaban J connectivity index is 1.31. The number of hydrogen-bond donors (Lipinski definition) is 2. The summed E-state index contributed by atoms with van der Waals surface area (Å²) in [6.45, 7) is 2.24. The molecule has 4 heteroatoms. The molecular weight excluding hydrogens is 274 g/mol. The molecule has 5 aliphatic rings. The number of carbonyl (C=O) groups excluding carboxylic acids is 1. The molecule has 0 aliphatic heterocycles. The maximum absolute atomic E-state index is 12.6. The largest absolute Gasteiger partial charge is 0.347 e. The molecule has 0 spiro atoms. The van der Waals surface area contributed by atoms with E-state index in [0.29, 0.717) is 11.7 Å². The van der Waals surface area contributed by atoms with Crippen LogP contribution in [0.3, 0.4) is 0 Å². The second kappa shape index (κ2) is 4.36. The summed E-state index contributed by atoms with van der Waals surface area (Å²) < 4.78 is 0. The molecule has 4 bridgehead atoms. The normalized spacial score (nSPS) is 40.7. The third-order valence-electron chi connectivity index (χ3n) is 6.99. The van der Waals surface area contributed by atoms with Gasteiger partial charge in [-0.3, -0.25) is 9.89 Å². The van der Waals surface area contributed by atoms with Crippen molar-refractivity contribution in [1.82, 2.24) is 15.5 Å². The van der Waals surface area contributed by atoms with Crippen molar-refractivity contribution >= 4 is 5.91 Å². The molecule has 5 fully saturated rings. The third-order valence-corrected chi connectivity index (χ3v) is 6.99. The number of aromatic nitrogens is 2. The van der Waals surface area contributed by atoms with Gasteiger partial charge in [-0.25, -0.2) is 0 Å². The number of H-pyrrole nitrogens is 1. The van der Waals surface area contributed by atoms with E-state index < -0.39 is 0 Å². The van der Waals surface area contributed by atoms with Gasteiger partial charge in [0.15, 0.2) is 0 Å². The number of rotatable bonds is 3. The highest BCUT2D eigenvalue weighted by molar-refractivity contribution is 5.92. The predicted molar refractivity (Wildman–Crippen MR) is 83.5 cm³/mol. The average molecular weight is 299 g/mol. The molecular formula is C18H25N3O. The van der Waals surface area contributed by atoms with Crippen LogP contribution in [0.4, 0.5) is 0 Å². The van der Waals surface area contributed by atoms with Gasteiger partial charge < -0.3 is 5.32 Å². The molecule has 1 aromatic rings. The SMILES string of the molecule is CC1(c2cc(C(=O)NC3C4CC5CC(C4)CC3C5)n[nH]2)CC1. The topological polar surface area (TPSA) is 57.8 Å².